The number of unbranched alkanes of at least 4 members (excludes halogenated alkanes) is 1. The number of ether oxygens (including phenoxy) is 1. The van der Waals surface area contributed by atoms with Gasteiger partial charge in [0.25, 0.3) is 0 Å². The van der Waals surface area contributed by atoms with Crippen molar-refractivity contribution in [3.05, 3.63) is 0 Å². The standard InChI is InChI=1S/C13H29NO/c1-7-8-9-12(10-15-6)14-11(2)13(3,4)5/h11-12,14H,7-10H2,1-6H3. The minimum absolute atomic E-state index is 0.318. The Balaban J connectivity index is 4.03. The van der Waals surface area contributed by atoms with Crippen molar-refractivity contribution in [3.8, 4) is 0 Å². The SMILES string of the molecule is CCCCC(COC)NC(C)C(C)(C)C. The first kappa shape index (κ1) is 14.9. The van der Waals surface area contributed by atoms with Gasteiger partial charge in [0.05, 0.1) is 6.61 Å². The Labute approximate surface area is 95.8 Å². The Morgan fingerprint density at radius 2 is 1.87 bits per heavy atom. The second-order valence-corrected chi connectivity index (χ2v) is 5.55. The lowest BCUT2D eigenvalue weighted by Crippen LogP contribution is -2.45. The van der Waals surface area contributed by atoms with Crippen molar-refractivity contribution in [2.24, 2.45) is 5.41 Å². The number of hydrogen-bond acceptors (Lipinski definition) is 2. The van der Waals surface area contributed by atoms with Crippen LogP contribution in [0.1, 0.15) is 53.9 Å². The molecule has 0 saturated heterocycles. The third-order valence-corrected chi connectivity index (χ3v) is 3.06. The Morgan fingerprint density at radius 3 is 2.27 bits per heavy atom. The van der Waals surface area contributed by atoms with E-state index < -0.39 is 0 Å². The monoisotopic (exact) mass is 215 g/mol. The minimum Gasteiger partial charge on any atom is -0.383 e. The van der Waals surface area contributed by atoms with Gasteiger partial charge in [0.2, 0.25) is 0 Å². The molecule has 0 aliphatic heterocycles. The van der Waals surface area contributed by atoms with Crippen LogP contribution in [0, 0.1) is 5.41 Å². The molecule has 0 rings (SSSR count). The molecule has 0 aromatic rings. The van der Waals surface area contributed by atoms with Gasteiger partial charge < -0.3 is 10.1 Å². The van der Waals surface area contributed by atoms with Gasteiger partial charge in [-0.2, -0.15) is 0 Å². The van der Waals surface area contributed by atoms with E-state index in [0.717, 1.165) is 6.61 Å². The van der Waals surface area contributed by atoms with E-state index in [9.17, 15) is 0 Å². The Kier molecular flexibility index (Phi) is 7.20. The Morgan fingerprint density at radius 1 is 1.27 bits per heavy atom. The summed E-state index contributed by atoms with van der Waals surface area (Å²) < 4.78 is 5.25. The van der Waals surface area contributed by atoms with Gasteiger partial charge in [-0.3, -0.25) is 0 Å². The molecule has 0 aliphatic rings. The van der Waals surface area contributed by atoms with E-state index in [1.54, 1.807) is 7.11 Å². The van der Waals surface area contributed by atoms with E-state index in [2.05, 4.69) is 39.9 Å². The molecule has 0 bridgehead atoms. The summed E-state index contributed by atoms with van der Waals surface area (Å²) >= 11 is 0. The van der Waals surface area contributed by atoms with Gasteiger partial charge in [0, 0.05) is 19.2 Å². The predicted octanol–water partition coefficient (Wildman–Crippen LogP) is 3.22. The van der Waals surface area contributed by atoms with Gasteiger partial charge in [-0.1, -0.05) is 40.5 Å². The van der Waals surface area contributed by atoms with Crippen molar-refractivity contribution < 1.29 is 4.74 Å². The van der Waals surface area contributed by atoms with E-state index in [-0.39, 0.29) is 0 Å². The minimum atomic E-state index is 0.318. The van der Waals surface area contributed by atoms with Crippen LogP contribution >= 0.6 is 0 Å². The normalized spacial score (nSPS) is 16.4. The van der Waals surface area contributed by atoms with E-state index in [1.165, 1.54) is 19.3 Å². The summed E-state index contributed by atoms with van der Waals surface area (Å²) in [4.78, 5) is 0. The molecule has 92 valence electrons. The zero-order valence-electron chi connectivity index (χ0n) is 11.4. The summed E-state index contributed by atoms with van der Waals surface area (Å²) in [5, 5.41) is 3.67. The average molecular weight is 215 g/mol. The topological polar surface area (TPSA) is 21.3 Å². The Hall–Kier alpha value is -0.0800. The van der Waals surface area contributed by atoms with Crippen LogP contribution in [0.15, 0.2) is 0 Å². The zero-order valence-corrected chi connectivity index (χ0v) is 11.4. The molecule has 0 heterocycles. The lowest BCUT2D eigenvalue weighted by molar-refractivity contribution is 0.141. The fourth-order valence-corrected chi connectivity index (χ4v) is 1.47. The fraction of sp³-hybridized carbons (Fsp3) is 1.00. The quantitative estimate of drug-likeness (QED) is 0.704. The number of rotatable bonds is 7. The maximum Gasteiger partial charge on any atom is 0.0615 e. The van der Waals surface area contributed by atoms with Crippen LogP contribution in [0.5, 0.6) is 0 Å². The highest BCUT2D eigenvalue weighted by molar-refractivity contribution is 4.80. The molecule has 1 N–H and O–H groups in total. The van der Waals surface area contributed by atoms with Crippen molar-refractivity contribution in [2.75, 3.05) is 13.7 Å². The molecule has 2 nitrogen and oxygen atoms in total. The van der Waals surface area contributed by atoms with Crippen LogP contribution in [-0.2, 0) is 4.74 Å². The summed E-state index contributed by atoms with van der Waals surface area (Å²) in [7, 11) is 1.78. The fourth-order valence-electron chi connectivity index (χ4n) is 1.47. The van der Waals surface area contributed by atoms with Crippen molar-refractivity contribution in [2.45, 2.75) is 66.0 Å². The van der Waals surface area contributed by atoms with Crippen molar-refractivity contribution in [1.82, 2.24) is 5.32 Å². The van der Waals surface area contributed by atoms with Gasteiger partial charge in [-0.05, 0) is 18.8 Å². The molecule has 2 unspecified atom stereocenters. The van der Waals surface area contributed by atoms with Gasteiger partial charge >= 0.3 is 0 Å². The molecular weight excluding hydrogens is 186 g/mol. The molecule has 0 amide bonds. The largest absolute Gasteiger partial charge is 0.383 e. The van der Waals surface area contributed by atoms with Gasteiger partial charge in [0.15, 0.2) is 0 Å². The van der Waals surface area contributed by atoms with Crippen molar-refractivity contribution in [1.29, 1.82) is 0 Å². The van der Waals surface area contributed by atoms with Crippen LogP contribution in [0.4, 0.5) is 0 Å². The highest BCUT2D eigenvalue weighted by Gasteiger charge is 2.22. The molecule has 2 heteroatoms. The van der Waals surface area contributed by atoms with Crippen LogP contribution < -0.4 is 5.32 Å². The molecule has 0 saturated carbocycles. The number of methoxy groups -OCH3 is 1. The maximum atomic E-state index is 5.25. The number of hydrogen-bond donors (Lipinski definition) is 1. The highest BCUT2D eigenvalue weighted by atomic mass is 16.5. The first-order valence-electron chi connectivity index (χ1n) is 6.16. The number of nitrogens with one attached hydrogen (secondary N) is 1. The van der Waals surface area contributed by atoms with Crippen LogP contribution in [0.2, 0.25) is 0 Å². The molecule has 0 aliphatic carbocycles. The molecule has 2 atom stereocenters. The van der Waals surface area contributed by atoms with Crippen molar-refractivity contribution >= 4 is 0 Å². The lowest BCUT2D eigenvalue weighted by Gasteiger charge is -2.32. The van der Waals surface area contributed by atoms with E-state index in [0.29, 0.717) is 17.5 Å². The highest BCUT2D eigenvalue weighted by Crippen LogP contribution is 2.19. The van der Waals surface area contributed by atoms with E-state index in [1.807, 2.05) is 0 Å². The van der Waals surface area contributed by atoms with Crippen LogP contribution in [0.3, 0.4) is 0 Å². The van der Waals surface area contributed by atoms with Gasteiger partial charge in [-0.25, -0.2) is 0 Å². The molecule has 0 aromatic heterocycles. The summed E-state index contributed by atoms with van der Waals surface area (Å²) in [5.41, 5.74) is 0.318. The summed E-state index contributed by atoms with van der Waals surface area (Å²) in [6.45, 7) is 12.1. The molecule has 15 heavy (non-hydrogen) atoms. The molecule has 0 fully saturated rings. The van der Waals surface area contributed by atoms with E-state index >= 15 is 0 Å². The summed E-state index contributed by atoms with van der Waals surface area (Å²) in [5.74, 6) is 0. The van der Waals surface area contributed by atoms with Crippen LogP contribution in [-0.4, -0.2) is 25.8 Å². The van der Waals surface area contributed by atoms with Crippen LogP contribution in [0.25, 0.3) is 0 Å². The van der Waals surface area contributed by atoms with Gasteiger partial charge in [-0.15, -0.1) is 0 Å². The third kappa shape index (κ3) is 6.91. The predicted molar refractivity (Wildman–Crippen MR) is 67.2 cm³/mol. The van der Waals surface area contributed by atoms with Gasteiger partial charge in [0.1, 0.15) is 0 Å². The third-order valence-electron chi connectivity index (χ3n) is 3.06. The Bertz CT molecular complexity index is 151. The molecule has 0 radical (unpaired) electrons. The molecule has 0 aromatic carbocycles. The second-order valence-electron chi connectivity index (χ2n) is 5.55. The van der Waals surface area contributed by atoms with Crippen molar-refractivity contribution in [3.63, 3.8) is 0 Å². The zero-order chi connectivity index (χ0) is 11.9. The molecule has 0 spiro atoms. The maximum absolute atomic E-state index is 5.25. The first-order chi connectivity index (χ1) is 6.91. The smallest absolute Gasteiger partial charge is 0.0615 e. The first-order valence-corrected chi connectivity index (χ1v) is 6.16. The summed E-state index contributed by atoms with van der Waals surface area (Å²) in [6, 6.07) is 1.03. The lowest BCUT2D eigenvalue weighted by atomic mass is 9.87. The average Bonchev–Trinajstić information content (AvgIpc) is 2.13. The second kappa shape index (κ2) is 7.24. The summed E-state index contributed by atoms with van der Waals surface area (Å²) in [6.07, 6.45) is 3.74. The van der Waals surface area contributed by atoms with E-state index in [4.69, 9.17) is 4.74 Å². The molecular formula is C13H29NO.